The van der Waals surface area contributed by atoms with Gasteiger partial charge in [-0.25, -0.2) is 8.42 Å². The Kier molecular flexibility index (Phi) is 4.01. The first-order valence-corrected chi connectivity index (χ1v) is 9.21. The van der Waals surface area contributed by atoms with Crippen molar-refractivity contribution in [3.63, 3.8) is 0 Å². The van der Waals surface area contributed by atoms with E-state index < -0.39 is 21.8 Å². The molecule has 0 atom stereocenters. The lowest BCUT2D eigenvalue weighted by molar-refractivity contribution is -0.136. The molecule has 2 fully saturated rings. The maximum Gasteiger partial charge on any atom is 0.313 e. The minimum Gasteiger partial charge on any atom is -0.345 e. The normalized spacial score (nSPS) is 19.4. The molecule has 1 aliphatic heterocycles. The van der Waals surface area contributed by atoms with Crippen molar-refractivity contribution in [1.82, 2.24) is 5.32 Å². The van der Waals surface area contributed by atoms with Crippen LogP contribution in [-0.2, 0) is 19.6 Å². The first-order chi connectivity index (χ1) is 10.9. The maximum atomic E-state index is 12.0. The van der Waals surface area contributed by atoms with Crippen LogP contribution in [0.3, 0.4) is 0 Å². The van der Waals surface area contributed by atoms with Gasteiger partial charge in [0, 0.05) is 18.3 Å². The number of aryl methyl sites for hydroxylation is 1. The molecule has 0 radical (unpaired) electrons. The number of sulfonamides is 1. The number of hydrogen-bond acceptors (Lipinski definition) is 4. The number of carbonyl (C=O) groups excluding carboxylic acids is 2. The van der Waals surface area contributed by atoms with E-state index in [1.807, 2.05) is 0 Å². The quantitative estimate of drug-likeness (QED) is 0.796. The molecular weight excluding hydrogens is 318 g/mol. The number of nitrogens with zero attached hydrogens (tertiary/aromatic N) is 1. The fourth-order valence-electron chi connectivity index (χ4n) is 2.49. The molecule has 2 amide bonds. The Hall–Kier alpha value is -2.09. The molecule has 2 N–H and O–H groups in total. The number of amides is 2. The lowest BCUT2D eigenvalue weighted by Crippen LogP contribution is -2.36. The second kappa shape index (κ2) is 5.84. The minimum absolute atomic E-state index is 0.107. The van der Waals surface area contributed by atoms with Crippen LogP contribution in [0.15, 0.2) is 18.2 Å². The zero-order chi connectivity index (χ0) is 16.6. The van der Waals surface area contributed by atoms with Gasteiger partial charge in [-0.15, -0.1) is 0 Å². The van der Waals surface area contributed by atoms with Crippen LogP contribution in [-0.4, -0.2) is 38.6 Å². The van der Waals surface area contributed by atoms with E-state index in [1.165, 1.54) is 4.31 Å². The zero-order valence-corrected chi connectivity index (χ0v) is 13.6. The molecule has 0 spiro atoms. The number of benzene rings is 1. The van der Waals surface area contributed by atoms with Crippen molar-refractivity contribution < 1.29 is 18.0 Å². The van der Waals surface area contributed by atoms with Crippen molar-refractivity contribution in [2.45, 2.75) is 32.2 Å². The van der Waals surface area contributed by atoms with Gasteiger partial charge in [-0.1, -0.05) is 6.07 Å². The predicted molar refractivity (Wildman–Crippen MR) is 86.7 cm³/mol. The van der Waals surface area contributed by atoms with E-state index in [1.54, 1.807) is 25.1 Å². The third-order valence-electron chi connectivity index (χ3n) is 3.98. The molecular formula is C15H19N3O4S. The van der Waals surface area contributed by atoms with Crippen LogP contribution in [0.5, 0.6) is 0 Å². The van der Waals surface area contributed by atoms with Gasteiger partial charge in [0.15, 0.2) is 0 Å². The highest BCUT2D eigenvalue weighted by Crippen LogP contribution is 2.28. The molecule has 0 aromatic heterocycles. The van der Waals surface area contributed by atoms with Crippen molar-refractivity contribution in [3.8, 4) is 0 Å². The Morgan fingerprint density at radius 2 is 1.96 bits per heavy atom. The largest absolute Gasteiger partial charge is 0.345 e. The summed E-state index contributed by atoms with van der Waals surface area (Å²) in [6.45, 7) is 2.22. The molecule has 1 saturated heterocycles. The summed E-state index contributed by atoms with van der Waals surface area (Å²) in [6, 6.07) is 5.14. The second-order valence-electron chi connectivity index (χ2n) is 5.94. The summed E-state index contributed by atoms with van der Waals surface area (Å²) >= 11 is 0. The van der Waals surface area contributed by atoms with E-state index >= 15 is 0 Å². The molecule has 8 heteroatoms. The lowest BCUT2D eigenvalue weighted by atomic mass is 10.1. The van der Waals surface area contributed by atoms with Crippen molar-refractivity contribution in [2.24, 2.45) is 0 Å². The van der Waals surface area contributed by atoms with Crippen LogP contribution < -0.4 is 14.9 Å². The Morgan fingerprint density at radius 1 is 1.22 bits per heavy atom. The van der Waals surface area contributed by atoms with Gasteiger partial charge in [0.05, 0.1) is 11.4 Å². The number of rotatable bonds is 3. The summed E-state index contributed by atoms with van der Waals surface area (Å²) in [4.78, 5) is 23.7. The van der Waals surface area contributed by atoms with Gasteiger partial charge < -0.3 is 10.6 Å². The topological polar surface area (TPSA) is 95.6 Å². The number of carbonyl (C=O) groups is 2. The molecule has 124 valence electrons. The lowest BCUT2D eigenvalue weighted by Gasteiger charge is -2.19. The van der Waals surface area contributed by atoms with Gasteiger partial charge in [0.1, 0.15) is 0 Å². The molecule has 0 unspecified atom stereocenters. The third-order valence-corrected chi connectivity index (χ3v) is 5.84. The molecule has 0 bridgehead atoms. The monoisotopic (exact) mass is 337 g/mol. The van der Waals surface area contributed by atoms with E-state index in [0.29, 0.717) is 24.3 Å². The average Bonchev–Trinajstić information content (AvgIpc) is 3.23. The zero-order valence-electron chi connectivity index (χ0n) is 12.8. The first-order valence-electron chi connectivity index (χ1n) is 7.60. The van der Waals surface area contributed by atoms with E-state index in [0.717, 1.165) is 18.4 Å². The number of hydrogen-bond donors (Lipinski definition) is 2. The van der Waals surface area contributed by atoms with Gasteiger partial charge in [-0.3, -0.25) is 13.9 Å². The van der Waals surface area contributed by atoms with Gasteiger partial charge in [-0.05, 0) is 43.9 Å². The van der Waals surface area contributed by atoms with Crippen molar-refractivity contribution in [1.29, 1.82) is 0 Å². The predicted octanol–water partition coefficient (Wildman–Crippen LogP) is 0.752. The summed E-state index contributed by atoms with van der Waals surface area (Å²) in [5.41, 5.74) is 1.71. The third kappa shape index (κ3) is 3.47. The van der Waals surface area contributed by atoms with Crippen LogP contribution >= 0.6 is 0 Å². The minimum atomic E-state index is -3.28. The molecule has 1 aliphatic carbocycles. The maximum absolute atomic E-state index is 12.0. The van der Waals surface area contributed by atoms with Gasteiger partial charge in [0.25, 0.3) is 0 Å². The van der Waals surface area contributed by atoms with Crippen LogP contribution in [0, 0.1) is 6.92 Å². The van der Waals surface area contributed by atoms with E-state index in [9.17, 15) is 18.0 Å². The Labute approximate surface area is 135 Å². The highest BCUT2D eigenvalue weighted by atomic mass is 32.2. The molecule has 1 heterocycles. The molecule has 2 aliphatic rings. The fourth-order valence-corrected chi connectivity index (χ4v) is 4.04. The first kappa shape index (κ1) is 15.8. The molecule has 1 aromatic carbocycles. The summed E-state index contributed by atoms with van der Waals surface area (Å²) in [6.07, 6.45) is 2.39. The molecule has 1 aromatic rings. The van der Waals surface area contributed by atoms with Crippen LogP contribution in [0.4, 0.5) is 11.4 Å². The summed E-state index contributed by atoms with van der Waals surface area (Å²) < 4.78 is 25.3. The number of nitrogens with one attached hydrogen (secondary N) is 2. The molecule has 3 rings (SSSR count). The van der Waals surface area contributed by atoms with Gasteiger partial charge in [0.2, 0.25) is 10.0 Å². The Morgan fingerprint density at radius 3 is 2.57 bits per heavy atom. The molecule has 23 heavy (non-hydrogen) atoms. The number of anilines is 2. The second-order valence-corrected chi connectivity index (χ2v) is 7.96. The highest BCUT2D eigenvalue weighted by molar-refractivity contribution is 7.93. The Bertz CT molecular complexity index is 756. The standard InChI is InChI=1S/C15H19N3O4S/c1-10-3-6-12(18-7-2-8-23(18,21)22)9-13(10)17-15(20)14(19)16-11-4-5-11/h3,6,9,11H,2,4-5,7-8H2,1H3,(H,16,19)(H,17,20). The summed E-state index contributed by atoms with van der Waals surface area (Å²) in [7, 11) is -3.28. The smallest absolute Gasteiger partial charge is 0.313 e. The van der Waals surface area contributed by atoms with E-state index in [4.69, 9.17) is 0 Å². The average molecular weight is 337 g/mol. The molecule has 7 nitrogen and oxygen atoms in total. The van der Waals surface area contributed by atoms with Gasteiger partial charge >= 0.3 is 11.8 Å². The van der Waals surface area contributed by atoms with Crippen LogP contribution in [0.2, 0.25) is 0 Å². The summed E-state index contributed by atoms with van der Waals surface area (Å²) in [5, 5.41) is 5.18. The Balaban J connectivity index is 1.77. The SMILES string of the molecule is Cc1ccc(N2CCCS2(=O)=O)cc1NC(=O)C(=O)NC1CC1. The van der Waals surface area contributed by atoms with Crippen LogP contribution in [0.25, 0.3) is 0 Å². The molecule has 1 saturated carbocycles. The highest BCUT2D eigenvalue weighted by Gasteiger charge is 2.29. The van der Waals surface area contributed by atoms with Gasteiger partial charge in [-0.2, -0.15) is 0 Å². The van der Waals surface area contributed by atoms with Crippen LogP contribution in [0.1, 0.15) is 24.8 Å². The van der Waals surface area contributed by atoms with Crippen molar-refractivity contribution in [2.75, 3.05) is 21.9 Å². The van der Waals surface area contributed by atoms with Crippen molar-refractivity contribution >= 4 is 33.2 Å². The van der Waals surface area contributed by atoms with E-state index in [2.05, 4.69) is 10.6 Å². The summed E-state index contributed by atoms with van der Waals surface area (Å²) in [5.74, 6) is -1.26. The fraction of sp³-hybridized carbons (Fsp3) is 0.467. The van der Waals surface area contributed by atoms with Crippen molar-refractivity contribution in [3.05, 3.63) is 23.8 Å². The van der Waals surface area contributed by atoms with E-state index in [-0.39, 0.29) is 11.8 Å².